The minimum absolute atomic E-state index is 0.245. The molecule has 1 aromatic heterocycles. The average molecular weight is 193 g/mol. The van der Waals surface area contributed by atoms with Gasteiger partial charge in [-0.1, -0.05) is 0 Å². The van der Waals surface area contributed by atoms with E-state index in [1.165, 1.54) is 6.42 Å². The molecule has 1 atom stereocenters. The number of aryl methyl sites for hydroxylation is 1. The highest BCUT2D eigenvalue weighted by molar-refractivity contribution is 5.48. The molecule has 4 heteroatoms. The highest BCUT2D eigenvalue weighted by Gasteiger charge is 2.23. The standard InChI is InChI=1S/C10H15N3O/c1-12-7-9(6-11-12)10-4-2-3-5-13(10)8-14/h6-8,10H,2-5H2,1H3. The number of aromatic nitrogens is 2. The van der Waals surface area contributed by atoms with Gasteiger partial charge in [0, 0.05) is 25.4 Å². The number of hydrogen-bond donors (Lipinski definition) is 0. The molecule has 1 fully saturated rings. The Morgan fingerprint density at radius 3 is 3.07 bits per heavy atom. The highest BCUT2D eigenvalue weighted by atomic mass is 16.1. The molecule has 0 aromatic carbocycles. The van der Waals surface area contributed by atoms with E-state index < -0.39 is 0 Å². The maximum Gasteiger partial charge on any atom is 0.210 e. The molecule has 1 aromatic rings. The fourth-order valence-electron chi connectivity index (χ4n) is 2.05. The molecule has 0 spiro atoms. The van der Waals surface area contributed by atoms with E-state index in [2.05, 4.69) is 5.10 Å². The molecule has 0 aliphatic carbocycles. The lowest BCUT2D eigenvalue weighted by molar-refractivity contribution is -0.121. The first-order valence-electron chi connectivity index (χ1n) is 5.01. The summed E-state index contributed by atoms with van der Waals surface area (Å²) in [6.45, 7) is 0.878. The van der Waals surface area contributed by atoms with Crippen LogP contribution in [0.4, 0.5) is 0 Å². The molecule has 76 valence electrons. The second-order valence-corrected chi connectivity index (χ2v) is 3.80. The van der Waals surface area contributed by atoms with Crippen LogP contribution in [0.5, 0.6) is 0 Å². The van der Waals surface area contributed by atoms with Gasteiger partial charge in [-0.15, -0.1) is 0 Å². The van der Waals surface area contributed by atoms with Gasteiger partial charge in [0.25, 0.3) is 0 Å². The third kappa shape index (κ3) is 1.64. The van der Waals surface area contributed by atoms with Crippen LogP contribution in [0.15, 0.2) is 12.4 Å². The monoisotopic (exact) mass is 193 g/mol. The summed E-state index contributed by atoms with van der Waals surface area (Å²) in [4.78, 5) is 12.7. The molecule has 4 nitrogen and oxygen atoms in total. The molecular weight excluding hydrogens is 178 g/mol. The molecule has 1 aliphatic rings. The molecule has 0 N–H and O–H groups in total. The Bertz CT molecular complexity index is 321. The molecule has 2 rings (SSSR count). The molecule has 14 heavy (non-hydrogen) atoms. The molecule has 0 bridgehead atoms. The zero-order chi connectivity index (χ0) is 9.97. The van der Waals surface area contributed by atoms with Crippen molar-refractivity contribution in [1.82, 2.24) is 14.7 Å². The second-order valence-electron chi connectivity index (χ2n) is 3.80. The summed E-state index contributed by atoms with van der Waals surface area (Å²) in [6.07, 6.45) is 8.18. The molecule has 2 heterocycles. The van der Waals surface area contributed by atoms with E-state index in [9.17, 15) is 4.79 Å². The van der Waals surface area contributed by atoms with Gasteiger partial charge in [0.2, 0.25) is 6.41 Å². The van der Waals surface area contributed by atoms with E-state index in [1.54, 1.807) is 4.68 Å². The summed E-state index contributed by atoms with van der Waals surface area (Å²) in [6, 6.07) is 0.245. The Labute approximate surface area is 83.5 Å². The fourth-order valence-corrected chi connectivity index (χ4v) is 2.05. The lowest BCUT2D eigenvalue weighted by Gasteiger charge is -2.31. The Kier molecular flexibility index (Phi) is 2.52. The average Bonchev–Trinajstić information content (AvgIpc) is 2.65. The predicted octanol–water partition coefficient (Wildman–Crippen LogP) is 1.10. The quantitative estimate of drug-likeness (QED) is 0.660. The van der Waals surface area contributed by atoms with Crippen LogP contribution in [0.25, 0.3) is 0 Å². The van der Waals surface area contributed by atoms with E-state index in [0.29, 0.717) is 0 Å². The first kappa shape index (κ1) is 9.24. The third-order valence-electron chi connectivity index (χ3n) is 2.79. The van der Waals surface area contributed by atoms with Gasteiger partial charge in [-0.2, -0.15) is 5.10 Å². The van der Waals surface area contributed by atoms with Gasteiger partial charge in [0.15, 0.2) is 0 Å². The van der Waals surface area contributed by atoms with Gasteiger partial charge >= 0.3 is 0 Å². The van der Waals surface area contributed by atoms with E-state index in [4.69, 9.17) is 0 Å². The van der Waals surface area contributed by atoms with Gasteiger partial charge in [0.1, 0.15) is 0 Å². The Morgan fingerprint density at radius 2 is 2.43 bits per heavy atom. The molecule has 1 saturated heterocycles. The maximum absolute atomic E-state index is 10.8. The maximum atomic E-state index is 10.8. The largest absolute Gasteiger partial charge is 0.338 e. The Hall–Kier alpha value is -1.32. The summed E-state index contributed by atoms with van der Waals surface area (Å²) in [7, 11) is 1.90. The number of carbonyl (C=O) groups excluding carboxylic acids is 1. The number of likely N-dealkylation sites (tertiary alicyclic amines) is 1. The van der Waals surface area contributed by atoms with Crippen molar-refractivity contribution in [3.63, 3.8) is 0 Å². The minimum atomic E-state index is 0.245. The number of hydrogen-bond acceptors (Lipinski definition) is 2. The van der Waals surface area contributed by atoms with Crippen LogP contribution in [-0.2, 0) is 11.8 Å². The Morgan fingerprint density at radius 1 is 1.57 bits per heavy atom. The summed E-state index contributed by atoms with van der Waals surface area (Å²) >= 11 is 0. The molecule has 0 radical (unpaired) electrons. The van der Waals surface area contributed by atoms with E-state index >= 15 is 0 Å². The van der Waals surface area contributed by atoms with Crippen molar-refractivity contribution < 1.29 is 4.79 Å². The SMILES string of the molecule is Cn1cc(C2CCCCN2C=O)cn1. The molecule has 1 aliphatic heterocycles. The van der Waals surface area contributed by atoms with Crippen molar-refractivity contribution in [2.24, 2.45) is 7.05 Å². The van der Waals surface area contributed by atoms with Crippen LogP contribution in [0, 0.1) is 0 Å². The van der Waals surface area contributed by atoms with Crippen LogP contribution in [0.1, 0.15) is 30.9 Å². The molecular formula is C10H15N3O. The molecule has 0 saturated carbocycles. The summed E-state index contributed by atoms with van der Waals surface area (Å²) in [5.41, 5.74) is 1.15. The first-order chi connectivity index (χ1) is 6.81. The smallest absolute Gasteiger partial charge is 0.210 e. The van der Waals surface area contributed by atoms with Crippen LogP contribution in [0.3, 0.4) is 0 Å². The summed E-state index contributed by atoms with van der Waals surface area (Å²) in [5.74, 6) is 0. The molecule has 1 amide bonds. The normalized spacial score (nSPS) is 22.4. The zero-order valence-corrected chi connectivity index (χ0v) is 8.39. The number of amides is 1. The van der Waals surface area contributed by atoms with Crippen molar-refractivity contribution in [3.05, 3.63) is 18.0 Å². The molecule has 1 unspecified atom stereocenters. The lowest BCUT2D eigenvalue weighted by Crippen LogP contribution is -2.31. The van der Waals surface area contributed by atoms with Crippen molar-refractivity contribution in [2.45, 2.75) is 25.3 Å². The van der Waals surface area contributed by atoms with Crippen LogP contribution in [0.2, 0.25) is 0 Å². The number of carbonyl (C=O) groups is 1. The van der Waals surface area contributed by atoms with Crippen molar-refractivity contribution in [2.75, 3.05) is 6.54 Å². The zero-order valence-electron chi connectivity index (χ0n) is 8.39. The first-order valence-corrected chi connectivity index (χ1v) is 5.01. The van der Waals surface area contributed by atoms with Crippen molar-refractivity contribution >= 4 is 6.41 Å². The van der Waals surface area contributed by atoms with Gasteiger partial charge in [-0.3, -0.25) is 9.48 Å². The van der Waals surface area contributed by atoms with Crippen LogP contribution < -0.4 is 0 Å². The number of piperidine rings is 1. The van der Waals surface area contributed by atoms with Gasteiger partial charge < -0.3 is 4.90 Å². The van der Waals surface area contributed by atoms with E-state index in [1.807, 2.05) is 24.3 Å². The van der Waals surface area contributed by atoms with Crippen LogP contribution in [-0.4, -0.2) is 27.6 Å². The third-order valence-corrected chi connectivity index (χ3v) is 2.79. The summed E-state index contributed by atoms with van der Waals surface area (Å²) < 4.78 is 1.78. The minimum Gasteiger partial charge on any atom is -0.338 e. The van der Waals surface area contributed by atoms with E-state index in [0.717, 1.165) is 31.4 Å². The van der Waals surface area contributed by atoms with Gasteiger partial charge in [0.05, 0.1) is 12.2 Å². The second kappa shape index (κ2) is 3.82. The predicted molar refractivity (Wildman–Crippen MR) is 52.6 cm³/mol. The highest BCUT2D eigenvalue weighted by Crippen LogP contribution is 2.28. The van der Waals surface area contributed by atoms with Gasteiger partial charge in [-0.05, 0) is 19.3 Å². The number of rotatable bonds is 2. The van der Waals surface area contributed by atoms with Gasteiger partial charge in [-0.25, -0.2) is 0 Å². The van der Waals surface area contributed by atoms with Crippen molar-refractivity contribution in [3.8, 4) is 0 Å². The topological polar surface area (TPSA) is 38.1 Å². The lowest BCUT2D eigenvalue weighted by atomic mass is 9.98. The van der Waals surface area contributed by atoms with Crippen LogP contribution >= 0.6 is 0 Å². The Balaban J connectivity index is 2.18. The fraction of sp³-hybridized carbons (Fsp3) is 0.600. The summed E-state index contributed by atoms with van der Waals surface area (Å²) in [5, 5.41) is 4.13. The van der Waals surface area contributed by atoms with Crippen molar-refractivity contribution in [1.29, 1.82) is 0 Å². The number of nitrogens with zero attached hydrogens (tertiary/aromatic N) is 3. The van der Waals surface area contributed by atoms with E-state index in [-0.39, 0.29) is 6.04 Å².